The van der Waals surface area contributed by atoms with Crippen molar-refractivity contribution in [3.63, 3.8) is 0 Å². The summed E-state index contributed by atoms with van der Waals surface area (Å²) in [5, 5.41) is 1.22. The second kappa shape index (κ2) is 9.76. The Kier molecular flexibility index (Phi) is 7.88. The summed E-state index contributed by atoms with van der Waals surface area (Å²) in [7, 11) is 5.57. The molecular formula is C21H25Cl2N3O2S. The van der Waals surface area contributed by atoms with Gasteiger partial charge in [0, 0.05) is 18.7 Å². The third-order valence-electron chi connectivity index (χ3n) is 4.53. The molecular weight excluding hydrogens is 429 g/mol. The fourth-order valence-corrected chi connectivity index (χ4v) is 4.28. The number of aromatic nitrogens is 1. The van der Waals surface area contributed by atoms with Crippen molar-refractivity contribution >= 4 is 56.6 Å². The number of amides is 1. The van der Waals surface area contributed by atoms with Gasteiger partial charge in [0.15, 0.2) is 5.13 Å². The molecule has 0 aliphatic rings. The Morgan fingerprint density at radius 1 is 1.17 bits per heavy atom. The van der Waals surface area contributed by atoms with Gasteiger partial charge < -0.3 is 9.64 Å². The van der Waals surface area contributed by atoms with Gasteiger partial charge in [0.1, 0.15) is 11.3 Å². The SMILES string of the molecule is COc1ccc(Cl)c2sc(N(CCN(C)C)C(=O)c3ccc(C)cc3C)nc12.Cl. The van der Waals surface area contributed by atoms with Crippen molar-refractivity contribution in [2.75, 3.05) is 39.2 Å². The number of methoxy groups -OCH3 is 1. The van der Waals surface area contributed by atoms with Gasteiger partial charge in [-0.15, -0.1) is 12.4 Å². The number of aryl methyl sites for hydroxylation is 2. The molecule has 5 nitrogen and oxygen atoms in total. The van der Waals surface area contributed by atoms with Crippen molar-refractivity contribution in [3.05, 3.63) is 52.0 Å². The lowest BCUT2D eigenvalue weighted by molar-refractivity contribution is 0.0984. The Bertz CT molecular complexity index is 1020. The van der Waals surface area contributed by atoms with Crippen molar-refractivity contribution in [1.29, 1.82) is 0 Å². The van der Waals surface area contributed by atoms with Gasteiger partial charge in [0.2, 0.25) is 0 Å². The molecule has 0 N–H and O–H groups in total. The highest BCUT2D eigenvalue weighted by Crippen LogP contribution is 2.39. The minimum absolute atomic E-state index is 0. The van der Waals surface area contributed by atoms with E-state index in [4.69, 9.17) is 21.3 Å². The van der Waals surface area contributed by atoms with Crippen LogP contribution in [0.3, 0.4) is 0 Å². The Labute approximate surface area is 186 Å². The molecule has 0 bridgehead atoms. The molecule has 0 saturated carbocycles. The van der Waals surface area contributed by atoms with Gasteiger partial charge in [0.25, 0.3) is 5.91 Å². The van der Waals surface area contributed by atoms with Crippen molar-refractivity contribution in [3.8, 4) is 5.75 Å². The van der Waals surface area contributed by atoms with Crippen molar-refractivity contribution in [1.82, 2.24) is 9.88 Å². The summed E-state index contributed by atoms with van der Waals surface area (Å²) in [4.78, 5) is 21.9. The molecule has 0 unspecified atom stereocenters. The van der Waals surface area contributed by atoms with E-state index in [1.807, 2.05) is 51.0 Å². The number of halogens is 2. The second-order valence-electron chi connectivity index (χ2n) is 7.00. The summed E-state index contributed by atoms with van der Waals surface area (Å²) in [6, 6.07) is 9.46. The van der Waals surface area contributed by atoms with Gasteiger partial charge in [-0.05, 0) is 51.7 Å². The maximum absolute atomic E-state index is 13.4. The Morgan fingerprint density at radius 2 is 1.90 bits per heavy atom. The Balaban J connectivity index is 0.00000300. The van der Waals surface area contributed by atoms with E-state index in [0.717, 1.165) is 22.4 Å². The van der Waals surface area contributed by atoms with Crippen LogP contribution in [0.4, 0.5) is 5.13 Å². The van der Waals surface area contributed by atoms with E-state index in [0.29, 0.717) is 33.5 Å². The quantitative estimate of drug-likeness (QED) is 0.513. The average molecular weight is 454 g/mol. The number of thiazole rings is 1. The standard InChI is InChI=1S/C21H24ClN3O2S.ClH/c1-13-6-7-15(14(2)12-13)20(26)25(11-10-24(3)4)21-23-18-17(27-5)9-8-16(22)19(18)28-21;/h6-9,12H,10-11H2,1-5H3;1H. The number of nitrogens with zero attached hydrogens (tertiary/aromatic N) is 3. The molecule has 0 radical (unpaired) electrons. The molecule has 2 aromatic carbocycles. The second-order valence-corrected chi connectivity index (χ2v) is 8.39. The largest absolute Gasteiger partial charge is 0.494 e. The number of carbonyl (C=O) groups is 1. The van der Waals surface area contributed by atoms with Crippen LogP contribution in [-0.4, -0.2) is 50.1 Å². The molecule has 1 aromatic heterocycles. The fourth-order valence-electron chi connectivity index (χ4n) is 3.00. The van der Waals surface area contributed by atoms with Crippen LogP contribution in [0, 0.1) is 13.8 Å². The molecule has 0 aliphatic carbocycles. The normalized spacial score (nSPS) is 10.9. The summed E-state index contributed by atoms with van der Waals surface area (Å²) in [5.74, 6) is 0.585. The first kappa shape index (κ1) is 23.4. The maximum Gasteiger partial charge on any atom is 0.260 e. The number of hydrogen-bond acceptors (Lipinski definition) is 5. The van der Waals surface area contributed by atoms with Crippen LogP contribution < -0.4 is 9.64 Å². The number of rotatable bonds is 6. The number of carbonyl (C=O) groups excluding carboxylic acids is 1. The lowest BCUT2D eigenvalue weighted by Gasteiger charge is -2.23. The molecule has 8 heteroatoms. The molecule has 156 valence electrons. The molecule has 0 fully saturated rings. The van der Waals surface area contributed by atoms with E-state index in [9.17, 15) is 4.79 Å². The molecule has 0 spiro atoms. The van der Waals surface area contributed by atoms with Gasteiger partial charge in [0.05, 0.1) is 16.8 Å². The van der Waals surface area contributed by atoms with Crippen LogP contribution in [-0.2, 0) is 0 Å². The summed E-state index contributed by atoms with van der Waals surface area (Å²) in [5.41, 5.74) is 3.45. The topological polar surface area (TPSA) is 45.7 Å². The molecule has 3 rings (SSSR count). The predicted molar refractivity (Wildman–Crippen MR) is 125 cm³/mol. The number of anilines is 1. The lowest BCUT2D eigenvalue weighted by atomic mass is 10.0. The third kappa shape index (κ3) is 5.01. The first-order chi connectivity index (χ1) is 13.3. The number of hydrogen-bond donors (Lipinski definition) is 0. The van der Waals surface area contributed by atoms with Crippen LogP contribution >= 0.6 is 35.3 Å². The average Bonchev–Trinajstić information content (AvgIpc) is 3.08. The van der Waals surface area contributed by atoms with E-state index in [-0.39, 0.29) is 18.3 Å². The smallest absolute Gasteiger partial charge is 0.260 e. The van der Waals surface area contributed by atoms with Crippen molar-refractivity contribution < 1.29 is 9.53 Å². The number of likely N-dealkylation sites (N-methyl/N-ethyl adjacent to an activating group) is 1. The highest BCUT2D eigenvalue weighted by molar-refractivity contribution is 7.23. The summed E-state index contributed by atoms with van der Waals surface area (Å²) >= 11 is 7.78. The van der Waals surface area contributed by atoms with Crippen LogP contribution in [0.25, 0.3) is 10.2 Å². The molecule has 3 aromatic rings. The number of benzene rings is 2. The van der Waals surface area contributed by atoms with Gasteiger partial charge >= 0.3 is 0 Å². The van der Waals surface area contributed by atoms with Gasteiger partial charge in [-0.2, -0.15) is 0 Å². The minimum atomic E-state index is -0.0616. The zero-order chi connectivity index (χ0) is 20.4. The first-order valence-corrected chi connectivity index (χ1v) is 10.2. The summed E-state index contributed by atoms with van der Waals surface area (Å²) < 4.78 is 6.24. The molecule has 29 heavy (non-hydrogen) atoms. The van der Waals surface area contributed by atoms with E-state index >= 15 is 0 Å². The van der Waals surface area contributed by atoms with E-state index in [1.54, 1.807) is 24.1 Å². The molecule has 0 saturated heterocycles. The van der Waals surface area contributed by atoms with Crippen LogP contribution in [0.2, 0.25) is 5.02 Å². The lowest BCUT2D eigenvalue weighted by Crippen LogP contribution is -2.37. The fraction of sp³-hybridized carbons (Fsp3) is 0.333. The van der Waals surface area contributed by atoms with Gasteiger partial charge in [-0.1, -0.05) is 40.6 Å². The monoisotopic (exact) mass is 453 g/mol. The van der Waals surface area contributed by atoms with E-state index in [1.165, 1.54) is 11.3 Å². The molecule has 0 atom stereocenters. The number of fused-ring (bicyclic) bond motifs is 1. The van der Waals surface area contributed by atoms with Crippen LogP contribution in [0.1, 0.15) is 21.5 Å². The zero-order valence-electron chi connectivity index (χ0n) is 17.2. The van der Waals surface area contributed by atoms with E-state index < -0.39 is 0 Å². The predicted octanol–water partition coefficient (Wildman–Crippen LogP) is 5.21. The Morgan fingerprint density at radius 3 is 2.52 bits per heavy atom. The van der Waals surface area contributed by atoms with Crippen LogP contribution in [0.15, 0.2) is 30.3 Å². The summed E-state index contributed by atoms with van der Waals surface area (Å²) in [6.07, 6.45) is 0. The summed E-state index contributed by atoms with van der Waals surface area (Å²) in [6.45, 7) is 5.23. The minimum Gasteiger partial charge on any atom is -0.494 e. The third-order valence-corrected chi connectivity index (χ3v) is 6.06. The Hall–Kier alpha value is -1.86. The van der Waals surface area contributed by atoms with Gasteiger partial charge in [-0.3, -0.25) is 9.69 Å². The maximum atomic E-state index is 13.4. The van der Waals surface area contributed by atoms with Crippen molar-refractivity contribution in [2.24, 2.45) is 0 Å². The molecule has 0 aliphatic heterocycles. The van der Waals surface area contributed by atoms with Crippen molar-refractivity contribution in [2.45, 2.75) is 13.8 Å². The van der Waals surface area contributed by atoms with Crippen LogP contribution in [0.5, 0.6) is 5.75 Å². The highest BCUT2D eigenvalue weighted by Gasteiger charge is 2.24. The van der Waals surface area contributed by atoms with Gasteiger partial charge in [-0.25, -0.2) is 4.98 Å². The molecule has 1 heterocycles. The molecule has 1 amide bonds. The zero-order valence-corrected chi connectivity index (χ0v) is 19.5. The van der Waals surface area contributed by atoms with E-state index in [2.05, 4.69) is 0 Å². The highest BCUT2D eigenvalue weighted by atomic mass is 35.5. The number of ether oxygens (including phenoxy) is 1. The first-order valence-electron chi connectivity index (χ1n) is 8.98.